The van der Waals surface area contributed by atoms with E-state index in [0.717, 1.165) is 33.7 Å². The van der Waals surface area contributed by atoms with Gasteiger partial charge in [-0.25, -0.2) is 0 Å². The van der Waals surface area contributed by atoms with Crippen LogP contribution in [0.1, 0.15) is 28.4 Å². The molecule has 154 valence electrons. The van der Waals surface area contributed by atoms with Crippen LogP contribution < -0.4 is 14.8 Å². The standard InChI is InChI=1S/C25H21N3O3/c1-30-23-5-3-2-4-18(23)16-7-9-24-19(14-16)20(10-13-31-24)28-25(29)17-6-8-21-22(15-17)27-12-11-26-21/h2-9,11-12,14-15,20H,10,13H2,1H3,(H,28,29). The van der Waals surface area contributed by atoms with Crippen LogP contribution in [0.5, 0.6) is 11.5 Å². The molecule has 5 rings (SSSR count). The van der Waals surface area contributed by atoms with E-state index in [1.807, 2.05) is 42.5 Å². The number of methoxy groups -OCH3 is 1. The van der Waals surface area contributed by atoms with Crippen molar-refractivity contribution in [3.8, 4) is 22.6 Å². The monoisotopic (exact) mass is 411 g/mol. The molecule has 1 atom stereocenters. The number of nitrogens with one attached hydrogen (secondary N) is 1. The van der Waals surface area contributed by atoms with E-state index in [2.05, 4.69) is 21.4 Å². The van der Waals surface area contributed by atoms with Crippen LogP contribution in [-0.2, 0) is 0 Å². The van der Waals surface area contributed by atoms with Crippen LogP contribution in [0.2, 0.25) is 0 Å². The Morgan fingerprint density at radius 2 is 1.87 bits per heavy atom. The normalized spacial score (nSPS) is 15.1. The van der Waals surface area contributed by atoms with Crippen molar-refractivity contribution in [2.45, 2.75) is 12.5 Å². The van der Waals surface area contributed by atoms with E-state index in [0.29, 0.717) is 24.1 Å². The highest BCUT2D eigenvalue weighted by Crippen LogP contribution is 2.38. The van der Waals surface area contributed by atoms with Crippen molar-refractivity contribution in [3.63, 3.8) is 0 Å². The first-order valence-corrected chi connectivity index (χ1v) is 10.1. The second kappa shape index (κ2) is 8.07. The lowest BCUT2D eigenvalue weighted by Gasteiger charge is -2.27. The number of para-hydroxylation sites is 1. The van der Waals surface area contributed by atoms with E-state index >= 15 is 0 Å². The molecule has 1 aromatic heterocycles. The third-order valence-corrected chi connectivity index (χ3v) is 5.50. The average molecular weight is 411 g/mol. The molecule has 1 aliphatic heterocycles. The number of amides is 1. The Hall–Kier alpha value is -3.93. The second-order valence-electron chi connectivity index (χ2n) is 7.38. The number of carbonyl (C=O) groups excluding carboxylic acids is 1. The van der Waals surface area contributed by atoms with Gasteiger partial charge in [-0.05, 0) is 42.0 Å². The highest BCUT2D eigenvalue weighted by Gasteiger charge is 2.24. The molecule has 0 radical (unpaired) electrons. The summed E-state index contributed by atoms with van der Waals surface area (Å²) >= 11 is 0. The first kappa shape index (κ1) is 19.1. The van der Waals surface area contributed by atoms with Crippen molar-refractivity contribution in [1.82, 2.24) is 15.3 Å². The van der Waals surface area contributed by atoms with Gasteiger partial charge < -0.3 is 14.8 Å². The number of rotatable bonds is 4. The van der Waals surface area contributed by atoms with Crippen molar-refractivity contribution in [2.24, 2.45) is 0 Å². The van der Waals surface area contributed by atoms with Crippen molar-refractivity contribution in [3.05, 3.63) is 84.2 Å². The summed E-state index contributed by atoms with van der Waals surface area (Å²) in [7, 11) is 1.66. The molecule has 0 aliphatic carbocycles. The zero-order valence-corrected chi connectivity index (χ0v) is 17.0. The number of aromatic nitrogens is 2. The highest BCUT2D eigenvalue weighted by molar-refractivity contribution is 5.97. The van der Waals surface area contributed by atoms with Crippen LogP contribution in [0.15, 0.2) is 73.1 Å². The maximum Gasteiger partial charge on any atom is 0.251 e. The van der Waals surface area contributed by atoms with Crippen LogP contribution in [0.3, 0.4) is 0 Å². The van der Waals surface area contributed by atoms with Crippen molar-refractivity contribution < 1.29 is 14.3 Å². The Balaban J connectivity index is 1.45. The van der Waals surface area contributed by atoms with Gasteiger partial charge in [0.2, 0.25) is 0 Å². The fourth-order valence-corrected chi connectivity index (χ4v) is 3.94. The SMILES string of the molecule is COc1ccccc1-c1ccc2c(c1)C(NC(=O)c1ccc3nccnc3c1)CCO2. The smallest absolute Gasteiger partial charge is 0.251 e. The third-order valence-electron chi connectivity index (χ3n) is 5.50. The minimum atomic E-state index is -0.150. The molecule has 4 aromatic rings. The van der Waals surface area contributed by atoms with Crippen LogP contribution in [-0.4, -0.2) is 29.6 Å². The van der Waals surface area contributed by atoms with E-state index in [1.165, 1.54) is 0 Å². The van der Waals surface area contributed by atoms with E-state index in [9.17, 15) is 4.79 Å². The second-order valence-corrected chi connectivity index (χ2v) is 7.38. The number of hydrogen-bond acceptors (Lipinski definition) is 5. The Morgan fingerprint density at radius 1 is 1.03 bits per heavy atom. The van der Waals surface area contributed by atoms with Gasteiger partial charge in [0.05, 0.1) is 30.8 Å². The van der Waals surface area contributed by atoms with Crippen molar-refractivity contribution >= 4 is 16.9 Å². The van der Waals surface area contributed by atoms with E-state index in [1.54, 1.807) is 31.6 Å². The van der Waals surface area contributed by atoms with Crippen molar-refractivity contribution in [1.29, 1.82) is 0 Å². The van der Waals surface area contributed by atoms with Gasteiger partial charge in [-0.1, -0.05) is 24.3 Å². The zero-order chi connectivity index (χ0) is 21.2. The van der Waals surface area contributed by atoms with Crippen molar-refractivity contribution in [2.75, 3.05) is 13.7 Å². The summed E-state index contributed by atoms with van der Waals surface area (Å²) in [6, 6.07) is 19.1. The van der Waals surface area contributed by atoms with Crippen LogP contribution in [0, 0.1) is 0 Å². The minimum absolute atomic E-state index is 0.145. The summed E-state index contributed by atoms with van der Waals surface area (Å²) in [5, 5.41) is 3.16. The number of benzene rings is 3. The molecule has 1 unspecified atom stereocenters. The average Bonchev–Trinajstić information content (AvgIpc) is 2.83. The van der Waals surface area contributed by atoms with Gasteiger partial charge in [-0.3, -0.25) is 14.8 Å². The summed E-state index contributed by atoms with van der Waals surface area (Å²) in [6.45, 7) is 0.551. The molecular formula is C25H21N3O3. The summed E-state index contributed by atoms with van der Waals surface area (Å²) in [6.07, 6.45) is 3.96. The largest absolute Gasteiger partial charge is 0.496 e. The number of carbonyl (C=O) groups is 1. The van der Waals surface area contributed by atoms with Gasteiger partial charge in [0.15, 0.2) is 0 Å². The van der Waals surface area contributed by atoms with Crippen LogP contribution >= 0.6 is 0 Å². The lowest BCUT2D eigenvalue weighted by Crippen LogP contribution is -2.32. The first-order chi connectivity index (χ1) is 15.2. The molecule has 1 aliphatic rings. The minimum Gasteiger partial charge on any atom is -0.496 e. The molecule has 1 amide bonds. The molecule has 0 fully saturated rings. The highest BCUT2D eigenvalue weighted by atomic mass is 16.5. The topological polar surface area (TPSA) is 73.3 Å². The summed E-state index contributed by atoms with van der Waals surface area (Å²) in [4.78, 5) is 21.6. The Bertz CT molecular complexity index is 1270. The number of hydrogen-bond donors (Lipinski definition) is 1. The molecular weight excluding hydrogens is 390 g/mol. The lowest BCUT2D eigenvalue weighted by atomic mass is 9.95. The molecule has 0 spiro atoms. The van der Waals surface area contributed by atoms with E-state index in [4.69, 9.17) is 9.47 Å². The molecule has 6 heteroatoms. The summed E-state index contributed by atoms with van der Waals surface area (Å²) in [5.41, 5.74) is 4.99. The number of ether oxygens (including phenoxy) is 2. The van der Waals surface area contributed by atoms with E-state index in [-0.39, 0.29) is 11.9 Å². The van der Waals surface area contributed by atoms with E-state index < -0.39 is 0 Å². The Labute approximate surface area is 179 Å². The first-order valence-electron chi connectivity index (χ1n) is 10.1. The maximum absolute atomic E-state index is 13.0. The number of nitrogens with zero attached hydrogens (tertiary/aromatic N) is 2. The third kappa shape index (κ3) is 3.68. The van der Waals surface area contributed by atoms with Gasteiger partial charge >= 0.3 is 0 Å². The zero-order valence-electron chi connectivity index (χ0n) is 17.0. The summed E-state index contributed by atoms with van der Waals surface area (Å²) in [5.74, 6) is 1.45. The van der Waals surface area contributed by atoms with Gasteiger partial charge in [0, 0.05) is 35.5 Å². The van der Waals surface area contributed by atoms with Gasteiger partial charge in [0.1, 0.15) is 11.5 Å². The van der Waals surface area contributed by atoms with Crippen LogP contribution in [0.4, 0.5) is 0 Å². The molecule has 0 bridgehead atoms. The molecule has 0 saturated heterocycles. The quantitative estimate of drug-likeness (QED) is 0.533. The molecule has 0 saturated carbocycles. The molecule has 6 nitrogen and oxygen atoms in total. The molecule has 31 heavy (non-hydrogen) atoms. The molecule has 2 heterocycles. The fourth-order valence-electron chi connectivity index (χ4n) is 3.94. The number of fused-ring (bicyclic) bond motifs is 2. The Kier molecular flexibility index (Phi) is 4.96. The predicted octanol–water partition coefficient (Wildman–Crippen LogP) is 4.56. The predicted molar refractivity (Wildman–Crippen MR) is 118 cm³/mol. The molecule has 1 N–H and O–H groups in total. The van der Waals surface area contributed by atoms with Crippen LogP contribution in [0.25, 0.3) is 22.2 Å². The molecule has 3 aromatic carbocycles. The summed E-state index contributed by atoms with van der Waals surface area (Å²) < 4.78 is 11.4. The van der Waals surface area contributed by atoms with Gasteiger partial charge in [-0.2, -0.15) is 0 Å². The maximum atomic E-state index is 13.0. The Morgan fingerprint density at radius 3 is 2.74 bits per heavy atom. The van der Waals surface area contributed by atoms with Gasteiger partial charge in [0.25, 0.3) is 5.91 Å². The van der Waals surface area contributed by atoms with Gasteiger partial charge in [-0.15, -0.1) is 0 Å². The lowest BCUT2D eigenvalue weighted by molar-refractivity contribution is 0.0925. The fraction of sp³-hybridized carbons (Fsp3) is 0.160.